The molecule has 0 fully saturated rings. The van der Waals surface area contributed by atoms with Crippen LogP contribution < -0.4 is 14.2 Å². The summed E-state index contributed by atoms with van der Waals surface area (Å²) in [5.41, 5.74) is 0.754. The molecule has 1 aliphatic carbocycles. The monoisotopic (exact) mass is 500 g/mol. The summed E-state index contributed by atoms with van der Waals surface area (Å²) >= 11 is 0. The number of methoxy groups -OCH3 is 6. The highest BCUT2D eigenvalue weighted by Gasteiger charge is 2.42. The predicted octanol–water partition coefficient (Wildman–Crippen LogP) is 3.47. The fraction of sp³-hybridized carbons (Fsp3) is 0.346. The molecular formula is C26H28O10. The van der Waals surface area contributed by atoms with Crippen molar-refractivity contribution in [1.82, 2.24) is 0 Å². The molecule has 1 aliphatic rings. The van der Waals surface area contributed by atoms with Crippen LogP contribution in [-0.2, 0) is 23.7 Å². The number of hydrogen-bond donors (Lipinski definition) is 1. The first kappa shape index (κ1) is 26.5. The Morgan fingerprint density at radius 1 is 0.944 bits per heavy atom. The zero-order valence-electron chi connectivity index (χ0n) is 21.1. The van der Waals surface area contributed by atoms with Crippen molar-refractivity contribution in [2.45, 2.75) is 13.0 Å². The molecule has 36 heavy (non-hydrogen) atoms. The van der Waals surface area contributed by atoms with Gasteiger partial charge in [0.05, 0.1) is 47.7 Å². The average Bonchev–Trinajstić information content (AvgIpc) is 2.91. The molecule has 0 aromatic heterocycles. The largest absolute Gasteiger partial charge is 0.504 e. The van der Waals surface area contributed by atoms with E-state index in [-0.39, 0.29) is 51.7 Å². The van der Waals surface area contributed by atoms with E-state index >= 15 is 0 Å². The molecule has 1 N–H and O–H groups in total. The number of phenols is 1. The van der Waals surface area contributed by atoms with Crippen molar-refractivity contribution in [1.29, 1.82) is 0 Å². The number of carbonyl (C=O) groups is 1. The minimum absolute atomic E-state index is 0.0235. The lowest BCUT2D eigenvalue weighted by Gasteiger charge is -2.32. The summed E-state index contributed by atoms with van der Waals surface area (Å²) in [6.07, 6.45) is -1.04. The topological polar surface area (TPSA) is 119 Å². The maximum Gasteiger partial charge on any atom is 0.342 e. The molecule has 0 saturated heterocycles. The Balaban J connectivity index is 2.68. The third-order valence-electron chi connectivity index (χ3n) is 5.77. The summed E-state index contributed by atoms with van der Waals surface area (Å²) < 4.78 is 38.4. The molecule has 3 rings (SSSR count). The number of rotatable bonds is 9. The Morgan fingerprint density at radius 2 is 1.64 bits per heavy atom. The normalized spacial score (nSPS) is 14.5. The van der Waals surface area contributed by atoms with Gasteiger partial charge in [0.25, 0.3) is 0 Å². The minimum atomic E-state index is -1.04. The Kier molecular flexibility index (Phi) is 8.14. The highest BCUT2D eigenvalue weighted by Crippen LogP contribution is 2.54. The number of carbonyl (C=O) groups excluding carboxylic acids is 2. The van der Waals surface area contributed by atoms with E-state index in [0.29, 0.717) is 17.1 Å². The maximum absolute atomic E-state index is 13.2. The molecule has 0 bridgehead atoms. The van der Waals surface area contributed by atoms with Crippen molar-refractivity contribution in [3.05, 3.63) is 40.6 Å². The molecule has 1 unspecified atom stereocenters. The van der Waals surface area contributed by atoms with E-state index in [1.807, 2.05) is 5.94 Å². The first-order valence-corrected chi connectivity index (χ1v) is 10.9. The molecule has 0 radical (unpaired) electrons. The molecule has 2 aromatic rings. The van der Waals surface area contributed by atoms with Crippen LogP contribution in [0.25, 0.3) is 22.5 Å². The minimum Gasteiger partial charge on any atom is -0.504 e. The number of benzene rings is 2. The maximum atomic E-state index is 13.2. The van der Waals surface area contributed by atoms with Gasteiger partial charge in [-0.25, -0.2) is 9.59 Å². The fourth-order valence-electron chi connectivity index (χ4n) is 4.30. The zero-order valence-corrected chi connectivity index (χ0v) is 21.1. The van der Waals surface area contributed by atoms with Crippen molar-refractivity contribution in [2.24, 2.45) is 0 Å². The smallest absolute Gasteiger partial charge is 0.342 e. The molecular weight excluding hydrogens is 472 g/mol. The second-order valence-electron chi connectivity index (χ2n) is 7.41. The summed E-state index contributed by atoms with van der Waals surface area (Å²) in [4.78, 5) is 25.4. The van der Waals surface area contributed by atoms with Crippen molar-refractivity contribution >= 4 is 23.2 Å². The van der Waals surface area contributed by atoms with Gasteiger partial charge in [-0.15, -0.1) is 0 Å². The third-order valence-corrected chi connectivity index (χ3v) is 5.77. The lowest BCUT2D eigenvalue weighted by molar-refractivity contribution is 0.0596. The van der Waals surface area contributed by atoms with E-state index in [0.717, 1.165) is 0 Å². The number of hydrogen-bond acceptors (Lipinski definition) is 10. The van der Waals surface area contributed by atoms with Gasteiger partial charge in [-0.3, -0.25) is 0 Å². The van der Waals surface area contributed by atoms with E-state index in [2.05, 4.69) is 0 Å². The van der Waals surface area contributed by atoms with Gasteiger partial charge in [-0.2, -0.15) is 0 Å². The Morgan fingerprint density at radius 3 is 2.14 bits per heavy atom. The summed E-state index contributed by atoms with van der Waals surface area (Å²) in [5.74, 6) is 1.52. The van der Waals surface area contributed by atoms with Crippen molar-refractivity contribution in [2.75, 3.05) is 49.3 Å². The number of ether oxygens (including phenoxy) is 7. The van der Waals surface area contributed by atoms with Gasteiger partial charge in [-0.1, -0.05) is 6.07 Å². The SMILES string of the molecule is CCOc1c(O)c2c(c(-c3ccc(OC)c(OC)c3)c1C(=O)OC)C(OC)=C(OC)C(OC)C2=C=O. The summed E-state index contributed by atoms with van der Waals surface area (Å²) in [6, 6.07) is 4.97. The van der Waals surface area contributed by atoms with Crippen molar-refractivity contribution in [3.63, 3.8) is 0 Å². The standard InChI is InChI=1S/C26H28O10/c1-8-36-23-20(26(29)35-7)17(13-9-10-15(30-2)16(11-13)31-3)19-18(21(23)28)14(12-27)22(32-4)25(34-6)24(19)33-5/h9-11,22,28H,8H2,1-7H3. The molecule has 0 aliphatic heterocycles. The first-order valence-electron chi connectivity index (χ1n) is 10.9. The second kappa shape index (κ2) is 11.1. The van der Waals surface area contributed by atoms with Crippen LogP contribution in [-0.4, -0.2) is 72.4 Å². The lowest BCUT2D eigenvalue weighted by atomic mass is 9.80. The van der Waals surface area contributed by atoms with Crippen molar-refractivity contribution in [3.8, 4) is 34.1 Å². The molecule has 0 saturated carbocycles. The molecule has 192 valence electrons. The van der Waals surface area contributed by atoms with Gasteiger partial charge in [0.2, 0.25) is 0 Å². The first-order chi connectivity index (χ1) is 17.4. The molecule has 0 spiro atoms. The summed E-state index contributed by atoms with van der Waals surface area (Å²) in [7, 11) is 8.33. The van der Waals surface area contributed by atoms with E-state index in [4.69, 9.17) is 33.2 Å². The van der Waals surface area contributed by atoms with Gasteiger partial charge in [0, 0.05) is 23.8 Å². The Labute approximate surface area is 208 Å². The molecule has 10 heteroatoms. The molecule has 1 atom stereocenters. The van der Waals surface area contributed by atoms with Crippen LogP contribution in [0.2, 0.25) is 0 Å². The second-order valence-corrected chi connectivity index (χ2v) is 7.41. The van der Waals surface area contributed by atoms with Gasteiger partial charge in [0.15, 0.2) is 40.6 Å². The van der Waals surface area contributed by atoms with Crippen LogP contribution in [0.15, 0.2) is 24.0 Å². The molecule has 2 aromatic carbocycles. The van der Waals surface area contributed by atoms with Crippen LogP contribution in [0, 0.1) is 0 Å². The average molecular weight is 501 g/mol. The van der Waals surface area contributed by atoms with E-state index in [1.165, 1.54) is 42.7 Å². The third kappa shape index (κ3) is 4.10. The highest BCUT2D eigenvalue weighted by molar-refractivity contribution is 6.11. The van der Waals surface area contributed by atoms with E-state index < -0.39 is 17.8 Å². The highest BCUT2D eigenvalue weighted by atomic mass is 16.5. The van der Waals surface area contributed by atoms with Crippen LogP contribution >= 0.6 is 0 Å². The van der Waals surface area contributed by atoms with E-state index in [9.17, 15) is 14.7 Å². The fourth-order valence-corrected chi connectivity index (χ4v) is 4.30. The molecule has 0 amide bonds. The summed E-state index contributed by atoms with van der Waals surface area (Å²) in [6.45, 7) is 1.79. The van der Waals surface area contributed by atoms with Gasteiger partial charge in [-0.05, 0) is 24.6 Å². The van der Waals surface area contributed by atoms with Crippen molar-refractivity contribution < 1.29 is 47.9 Å². The quantitative estimate of drug-likeness (QED) is 0.405. The van der Waals surface area contributed by atoms with Crippen LogP contribution in [0.3, 0.4) is 0 Å². The van der Waals surface area contributed by atoms with Gasteiger partial charge >= 0.3 is 5.97 Å². The Bertz CT molecular complexity index is 1250. The molecule has 0 heterocycles. The number of aromatic hydroxyl groups is 1. The number of fused-ring (bicyclic) bond motifs is 1. The van der Waals surface area contributed by atoms with Crippen LogP contribution in [0.4, 0.5) is 0 Å². The van der Waals surface area contributed by atoms with E-state index in [1.54, 1.807) is 25.1 Å². The number of phenolic OH excluding ortho intramolecular Hbond substituents is 1. The summed E-state index contributed by atoms with van der Waals surface area (Å²) in [5, 5.41) is 11.4. The van der Waals surface area contributed by atoms with Crippen LogP contribution in [0.1, 0.15) is 28.4 Å². The predicted molar refractivity (Wildman–Crippen MR) is 130 cm³/mol. The lowest BCUT2D eigenvalue weighted by Crippen LogP contribution is -2.26. The van der Waals surface area contributed by atoms with Crippen LogP contribution in [0.5, 0.6) is 23.0 Å². The number of esters is 1. The van der Waals surface area contributed by atoms with Gasteiger partial charge in [0.1, 0.15) is 11.5 Å². The zero-order chi connectivity index (χ0) is 26.6. The molecule has 10 nitrogen and oxygen atoms in total. The Hall–Kier alpha value is -4.14. The van der Waals surface area contributed by atoms with Gasteiger partial charge < -0.3 is 38.3 Å².